The summed E-state index contributed by atoms with van der Waals surface area (Å²) in [5.41, 5.74) is 3.08. The summed E-state index contributed by atoms with van der Waals surface area (Å²) in [6.07, 6.45) is 20.7. The lowest BCUT2D eigenvalue weighted by Gasteiger charge is -2.49. The molecule has 2 heterocycles. The summed E-state index contributed by atoms with van der Waals surface area (Å²) in [6, 6.07) is 10.3. The van der Waals surface area contributed by atoms with Crippen LogP contribution in [0.4, 0.5) is 0 Å². The Kier molecular flexibility index (Phi) is 5.35. The van der Waals surface area contributed by atoms with Crippen molar-refractivity contribution in [3.05, 3.63) is 72.1 Å². The summed E-state index contributed by atoms with van der Waals surface area (Å²) in [5.74, 6) is 0.178. The molecular formula is C25H28N4O. The highest BCUT2D eigenvalue weighted by Gasteiger charge is 2.50. The minimum Gasteiger partial charge on any atom is -0.329 e. The van der Waals surface area contributed by atoms with Crippen LogP contribution in [-0.2, 0) is 4.79 Å². The smallest absolute Gasteiger partial charge is 0.250 e. The van der Waals surface area contributed by atoms with Crippen molar-refractivity contribution in [2.45, 2.75) is 63.1 Å². The van der Waals surface area contributed by atoms with E-state index in [1.807, 2.05) is 24.4 Å². The van der Waals surface area contributed by atoms with Crippen molar-refractivity contribution in [1.29, 1.82) is 0 Å². The van der Waals surface area contributed by atoms with Crippen molar-refractivity contribution < 1.29 is 4.79 Å². The lowest BCUT2D eigenvalue weighted by atomic mass is 9.89. The molecule has 2 aliphatic carbocycles. The van der Waals surface area contributed by atoms with E-state index < -0.39 is 0 Å². The Balaban J connectivity index is 1.42. The van der Waals surface area contributed by atoms with E-state index in [4.69, 9.17) is 0 Å². The van der Waals surface area contributed by atoms with Crippen molar-refractivity contribution in [3.63, 3.8) is 0 Å². The van der Waals surface area contributed by atoms with Gasteiger partial charge in [-0.3, -0.25) is 4.79 Å². The molecule has 2 aromatic rings. The Bertz CT molecular complexity index is 980. The Hall–Kier alpha value is -2.95. The summed E-state index contributed by atoms with van der Waals surface area (Å²) in [7, 11) is 0. The van der Waals surface area contributed by atoms with Crippen LogP contribution in [0.1, 0.15) is 62.2 Å². The van der Waals surface area contributed by atoms with Crippen LogP contribution in [0.25, 0.3) is 11.6 Å². The quantitative estimate of drug-likeness (QED) is 0.535. The van der Waals surface area contributed by atoms with Gasteiger partial charge in [0.1, 0.15) is 5.69 Å². The van der Waals surface area contributed by atoms with Gasteiger partial charge in [0.2, 0.25) is 0 Å². The fourth-order valence-corrected chi connectivity index (χ4v) is 4.91. The molecule has 0 bridgehead atoms. The Labute approximate surface area is 177 Å². The Morgan fingerprint density at radius 2 is 1.83 bits per heavy atom. The van der Waals surface area contributed by atoms with E-state index >= 15 is 0 Å². The van der Waals surface area contributed by atoms with Crippen LogP contribution in [-0.4, -0.2) is 37.9 Å². The lowest BCUT2D eigenvalue weighted by Crippen LogP contribution is -2.64. The summed E-state index contributed by atoms with van der Waals surface area (Å²) in [4.78, 5) is 15.4. The SMILES string of the molecule is O=C1C(n2cc(C3=CCC=C3)nn2)[C@@H](/C=C/c2ccccc2)N1C1CCCCCC1. The molecule has 1 aromatic heterocycles. The van der Waals surface area contributed by atoms with Gasteiger partial charge in [0, 0.05) is 6.04 Å². The minimum atomic E-state index is -0.305. The van der Waals surface area contributed by atoms with Gasteiger partial charge in [-0.2, -0.15) is 0 Å². The first-order valence-corrected chi connectivity index (χ1v) is 11.2. The molecule has 1 saturated carbocycles. The number of benzene rings is 1. The number of hydrogen-bond donors (Lipinski definition) is 0. The van der Waals surface area contributed by atoms with E-state index in [9.17, 15) is 4.79 Å². The van der Waals surface area contributed by atoms with E-state index in [2.05, 4.69) is 57.7 Å². The number of rotatable bonds is 5. The number of β-lactam (4-membered cyclic amide) rings is 1. The molecule has 2 atom stereocenters. The molecule has 1 aromatic carbocycles. The van der Waals surface area contributed by atoms with Gasteiger partial charge >= 0.3 is 0 Å². The lowest BCUT2D eigenvalue weighted by molar-refractivity contribution is -0.156. The number of carbonyl (C=O) groups excluding carboxylic acids is 1. The van der Waals surface area contributed by atoms with Gasteiger partial charge in [0.05, 0.1) is 12.2 Å². The van der Waals surface area contributed by atoms with Crippen molar-refractivity contribution in [1.82, 2.24) is 19.9 Å². The fraction of sp³-hybridized carbons (Fsp3) is 0.400. The number of nitrogens with zero attached hydrogens (tertiary/aromatic N) is 4. The van der Waals surface area contributed by atoms with Crippen molar-refractivity contribution >= 4 is 17.6 Å². The zero-order valence-corrected chi connectivity index (χ0v) is 17.2. The van der Waals surface area contributed by atoms with E-state index in [0.29, 0.717) is 6.04 Å². The predicted molar refractivity (Wildman–Crippen MR) is 118 cm³/mol. The molecule has 5 rings (SSSR count). The monoisotopic (exact) mass is 400 g/mol. The number of aromatic nitrogens is 3. The van der Waals surface area contributed by atoms with Crippen LogP contribution in [0.5, 0.6) is 0 Å². The van der Waals surface area contributed by atoms with Gasteiger partial charge in [-0.05, 0) is 30.4 Å². The number of allylic oxidation sites excluding steroid dienone is 4. The van der Waals surface area contributed by atoms with Crippen molar-refractivity contribution in [3.8, 4) is 0 Å². The van der Waals surface area contributed by atoms with Gasteiger partial charge in [0.15, 0.2) is 6.04 Å². The van der Waals surface area contributed by atoms with Crippen LogP contribution in [0.3, 0.4) is 0 Å². The standard InChI is InChI=1S/C25H28N4O/c30-25-24(28-18-22(26-27-28)20-12-8-9-13-20)23(17-16-19-10-4-3-5-11-19)29(25)21-14-6-1-2-7-15-21/h3-5,8,10-13,16-18,21,23-24H,1-2,6-7,9,14-15H2/b17-16+/t23-,24?/m1/s1. The average Bonchev–Trinajstić information content (AvgIpc) is 3.40. The number of amides is 1. The normalized spacial score (nSPS) is 24.9. The fourth-order valence-electron chi connectivity index (χ4n) is 4.91. The molecule has 3 aliphatic rings. The predicted octanol–water partition coefficient (Wildman–Crippen LogP) is 4.81. The molecule has 5 heteroatoms. The molecule has 5 nitrogen and oxygen atoms in total. The molecule has 0 radical (unpaired) electrons. The van der Waals surface area contributed by atoms with E-state index in [-0.39, 0.29) is 18.0 Å². The highest BCUT2D eigenvalue weighted by Crippen LogP contribution is 2.38. The van der Waals surface area contributed by atoms with Crippen LogP contribution in [0.2, 0.25) is 0 Å². The first-order valence-electron chi connectivity index (χ1n) is 11.2. The van der Waals surface area contributed by atoms with Crippen LogP contribution >= 0.6 is 0 Å². The molecule has 1 saturated heterocycles. The van der Waals surface area contributed by atoms with E-state index in [0.717, 1.165) is 36.1 Å². The van der Waals surface area contributed by atoms with Gasteiger partial charge in [-0.1, -0.05) is 91.6 Å². The second-order valence-electron chi connectivity index (χ2n) is 8.48. The molecule has 0 N–H and O–H groups in total. The first-order chi connectivity index (χ1) is 14.8. The molecule has 30 heavy (non-hydrogen) atoms. The first kappa shape index (κ1) is 19.0. The van der Waals surface area contributed by atoms with Gasteiger partial charge < -0.3 is 4.90 Å². The Morgan fingerprint density at radius 3 is 2.57 bits per heavy atom. The van der Waals surface area contributed by atoms with Crippen LogP contribution in [0.15, 0.2) is 60.8 Å². The molecule has 154 valence electrons. The molecule has 0 spiro atoms. The minimum absolute atomic E-state index is 0.0171. The molecule has 1 amide bonds. The zero-order valence-electron chi connectivity index (χ0n) is 17.2. The molecule has 2 fully saturated rings. The third kappa shape index (κ3) is 3.64. The highest BCUT2D eigenvalue weighted by molar-refractivity contribution is 5.89. The number of carbonyl (C=O) groups is 1. The third-order valence-electron chi connectivity index (χ3n) is 6.52. The van der Waals surface area contributed by atoms with Crippen LogP contribution in [0, 0.1) is 0 Å². The molecular weight excluding hydrogens is 372 g/mol. The average molecular weight is 401 g/mol. The van der Waals surface area contributed by atoms with Crippen LogP contribution < -0.4 is 0 Å². The largest absolute Gasteiger partial charge is 0.329 e. The summed E-state index contributed by atoms with van der Waals surface area (Å²) in [6.45, 7) is 0. The third-order valence-corrected chi connectivity index (χ3v) is 6.52. The zero-order chi connectivity index (χ0) is 20.3. The number of hydrogen-bond acceptors (Lipinski definition) is 3. The van der Waals surface area contributed by atoms with Gasteiger partial charge in [0.25, 0.3) is 5.91 Å². The highest BCUT2D eigenvalue weighted by atomic mass is 16.2. The summed E-state index contributed by atoms with van der Waals surface area (Å²) < 4.78 is 1.78. The number of likely N-dealkylation sites (tertiary alicyclic amines) is 1. The molecule has 1 aliphatic heterocycles. The van der Waals surface area contributed by atoms with Gasteiger partial charge in [-0.15, -0.1) is 5.10 Å². The summed E-state index contributed by atoms with van der Waals surface area (Å²) in [5, 5.41) is 8.69. The maximum absolute atomic E-state index is 13.3. The van der Waals surface area contributed by atoms with Crippen molar-refractivity contribution in [2.24, 2.45) is 0 Å². The second-order valence-corrected chi connectivity index (χ2v) is 8.48. The second kappa shape index (κ2) is 8.42. The van der Waals surface area contributed by atoms with Gasteiger partial charge in [-0.25, -0.2) is 4.68 Å². The Morgan fingerprint density at radius 1 is 1.03 bits per heavy atom. The van der Waals surface area contributed by atoms with E-state index in [1.165, 1.54) is 25.7 Å². The van der Waals surface area contributed by atoms with E-state index in [1.54, 1.807) is 4.68 Å². The summed E-state index contributed by atoms with van der Waals surface area (Å²) >= 11 is 0. The maximum atomic E-state index is 13.3. The maximum Gasteiger partial charge on any atom is 0.250 e. The topological polar surface area (TPSA) is 51.0 Å². The molecule has 1 unspecified atom stereocenters. The van der Waals surface area contributed by atoms with Crippen molar-refractivity contribution in [2.75, 3.05) is 0 Å².